The van der Waals surface area contributed by atoms with Gasteiger partial charge in [0.25, 0.3) is 0 Å². The molecule has 2 aromatic carbocycles. The van der Waals surface area contributed by atoms with Gasteiger partial charge in [-0.1, -0.05) is 59.8 Å². The van der Waals surface area contributed by atoms with Gasteiger partial charge in [-0.2, -0.15) is 0 Å². The number of benzene rings is 2. The Kier molecular flexibility index (Phi) is 10.6. The summed E-state index contributed by atoms with van der Waals surface area (Å²) in [6, 6.07) is 15.8. The third kappa shape index (κ3) is 5.55. The summed E-state index contributed by atoms with van der Waals surface area (Å²) in [5.74, 6) is -0.339. The second kappa shape index (κ2) is 10.6. The molecule has 0 heterocycles. The predicted octanol–water partition coefficient (Wildman–Crippen LogP) is -3.90. The number of aliphatic hydroxyl groups excluding tert-OH is 1. The van der Waals surface area contributed by atoms with Gasteiger partial charge in [0.2, 0.25) is 0 Å². The van der Waals surface area contributed by atoms with Crippen molar-refractivity contribution in [2.24, 2.45) is 5.16 Å². The summed E-state index contributed by atoms with van der Waals surface area (Å²) < 4.78 is 0. The number of ketones is 1. The molecule has 0 unspecified atom stereocenters. The van der Waals surface area contributed by atoms with Crippen molar-refractivity contribution in [1.82, 2.24) is 0 Å². The average molecular weight is 421 g/mol. The molecule has 0 atom stereocenters. The molecule has 0 amide bonds. The van der Waals surface area contributed by atoms with E-state index in [-0.39, 0.29) is 81.1 Å². The summed E-state index contributed by atoms with van der Waals surface area (Å²) >= 11 is 0. The summed E-state index contributed by atoms with van der Waals surface area (Å²) in [4.78, 5) is 11.3. The monoisotopic (exact) mass is 421 g/mol. The van der Waals surface area contributed by atoms with Crippen molar-refractivity contribution >= 4 is 11.5 Å². The van der Waals surface area contributed by atoms with Gasteiger partial charge in [-0.15, -0.1) is 0 Å². The molecule has 21 heavy (non-hydrogen) atoms. The largest absolute Gasteiger partial charge is 1.00 e. The second-order valence-electron chi connectivity index (χ2n) is 3.97. The van der Waals surface area contributed by atoms with Crippen molar-refractivity contribution in [3.8, 4) is 0 Å². The normalized spacial score (nSPS) is 10.2. The van der Waals surface area contributed by atoms with Crippen molar-refractivity contribution in [2.75, 3.05) is 6.61 Å². The number of aliphatic hydroxyl groups is 1. The first-order valence-electron chi connectivity index (χ1n) is 5.78. The molecule has 2 aromatic rings. The number of halogens is 1. The maximum Gasteiger partial charge on any atom is 1.00 e. The van der Waals surface area contributed by atoms with E-state index < -0.39 is 6.61 Å². The Balaban J connectivity index is 0.00000200. The van der Waals surface area contributed by atoms with E-state index in [0.29, 0.717) is 16.8 Å². The van der Waals surface area contributed by atoms with Gasteiger partial charge in [0, 0.05) is 16.7 Å². The van der Waals surface area contributed by atoms with Crippen LogP contribution in [-0.2, 0) is 0 Å². The van der Waals surface area contributed by atoms with Crippen LogP contribution < -0.4 is 75.4 Å². The van der Waals surface area contributed by atoms with Crippen LogP contribution in [0.15, 0.2) is 59.8 Å². The van der Waals surface area contributed by atoms with Crippen LogP contribution in [0.3, 0.4) is 0 Å². The minimum absolute atomic E-state index is 0. The van der Waals surface area contributed by atoms with Crippen LogP contribution in [0.5, 0.6) is 0 Å². The fourth-order valence-electron chi connectivity index (χ4n) is 1.78. The zero-order chi connectivity index (χ0) is 13.7. The molecule has 4 nitrogen and oxygen atoms in total. The molecule has 2 N–H and O–H groups in total. The molecule has 0 bridgehead atoms. The van der Waals surface area contributed by atoms with Crippen molar-refractivity contribution in [2.45, 2.75) is 0 Å². The molecule has 0 spiro atoms. The van der Waals surface area contributed by atoms with Crippen LogP contribution in [0.2, 0.25) is 0 Å². The molecule has 0 saturated carbocycles. The third-order valence-electron chi connectivity index (χ3n) is 2.77. The Hall–Kier alpha value is -0.0936. The maximum atomic E-state index is 11.3. The first-order valence-corrected chi connectivity index (χ1v) is 5.78. The first-order chi connectivity index (χ1) is 9.26. The molecule has 0 saturated heterocycles. The second-order valence-corrected chi connectivity index (χ2v) is 3.97. The van der Waals surface area contributed by atoms with E-state index in [1.165, 1.54) is 0 Å². The summed E-state index contributed by atoms with van der Waals surface area (Å²) in [5.41, 5.74) is 2.34. The van der Waals surface area contributed by atoms with Gasteiger partial charge in [-0.3, -0.25) is 4.79 Å². The van der Waals surface area contributed by atoms with Gasteiger partial charge in [0.1, 0.15) is 12.3 Å². The molecule has 0 aliphatic heterocycles. The van der Waals surface area contributed by atoms with Crippen LogP contribution in [0.1, 0.15) is 21.5 Å². The number of Topliss-reactive ketones (excluding diaryl/α,β-unsaturated/α-hetero) is 1. The number of carbonyl (C=O) groups excluding carboxylic acids is 1. The molecule has 104 valence electrons. The van der Waals surface area contributed by atoms with Crippen LogP contribution in [-0.4, -0.2) is 28.4 Å². The topological polar surface area (TPSA) is 69.9 Å². The van der Waals surface area contributed by atoms with Crippen molar-refractivity contribution in [3.63, 3.8) is 0 Å². The molecule has 0 aromatic heterocycles. The number of hydrogen-bond acceptors (Lipinski definition) is 4. The SMILES string of the molecule is O=C(CO)c1ccc(C(=NO)c2ccccc2)cc1.[I-].[K+]. The van der Waals surface area contributed by atoms with E-state index in [1.54, 1.807) is 24.3 Å². The quantitative estimate of drug-likeness (QED) is 0.133. The Morgan fingerprint density at radius 3 is 1.86 bits per heavy atom. The van der Waals surface area contributed by atoms with E-state index >= 15 is 0 Å². The summed E-state index contributed by atoms with van der Waals surface area (Å²) in [6.07, 6.45) is 0. The van der Waals surface area contributed by atoms with Crippen LogP contribution in [0.25, 0.3) is 0 Å². The molecule has 0 radical (unpaired) electrons. The predicted molar refractivity (Wildman–Crippen MR) is 71.7 cm³/mol. The Labute approximate surface area is 182 Å². The fraction of sp³-hybridized carbons (Fsp3) is 0.0667. The maximum absolute atomic E-state index is 11.3. The van der Waals surface area contributed by atoms with Crippen molar-refractivity contribution < 1.29 is 90.5 Å². The van der Waals surface area contributed by atoms with Crippen LogP contribution in [0, 0.1) is 0 Å². The molecule has 0 fully saturated rings. The summed E-state index contributed by atoms with van der Waals surface area (Å²) in [5, 5.41) is 21.2. The van der Waals surface area contributed by atoms with E-state index in [1.807, 2.05) is 30.3 Å². The zero-order valence-corrected chi connectivity index (χ0v) is 16.8. The van der Waals surface area contributed by atoms with Gasteiger partial charge < -0.3 is 34.3 Å². The van der Waals surface area contributed by atoms with Crippen LogP contribution in [0.4, 0.5) is 0 Å². The van der Waals surface area contributed by atoms with Crippen LogP contribution >= 0.6 is 0 Å². The summed E-state index contributed by atoms with van der Waals surface area (Å²) in [6.45, 7) is -0.515. The Morgan fingerprint density at radius 2 is 1.38 bits per heavy atom. The zero-order valence-electron chi connectivity index (χ0n) is 11.5. The Bertz CT molecular complexity index is 600. The van der Waals surface area contributed by atoms with E-state index in [4.69, 9.17) is 10.3 Å². The van der Waals surface area contributed by atoms with E-state index in [2.05, 4.69) is 5.16 Å². The fourth-order valence-corrected chi connectivity index (χ4v) is 1.78. The number of carbonyl (C=O) groups is 1. The van der Waals surface area contributed by atoms with Gasteiger partial charge in [-0.05, 0) is 0 Å². The number of hydrogen-bond donors (Lipinski definition) is 2. The molecule has 2 rings (SSSR count). The molecule has 0 aliphatic carbocycles. The average Bonchev–Trinajstić information content (AvgIpc) is 2.49. The van der Waals surface area contributed by atoms with E-state index in [0.717, 1.165) is 5.56 Å². The van der Waals surface area contributed by atoms with Gasteiger partial charge in [-0.25, -0.2) is 0 Å². The summed E-state index contributed by atoms with van der Waals surface area (Å²) in [7, 11) is 0. The van der Waals surface area contributed by atoms with E-state index in [9.17, 15) is 4.79 Å². The number of nitrogens with zero attached hydrogens (tertiary/aromatic N) is 1. The number of rotatable bonds is 4. The smallest absolute Gasteiger partial charge is 1.00 e. The Morgan fingerprint density at radius 1 is 0.905 bits per heavy atom. The molecule has 0 aliphatic rings. The first kappa shape index (κ1) is 20.9. The van der Waals surface area contributed by atoms with Gasteiger partial charge in [0.05, 0.1) is 0 Å². The molecular weight excluding hydrogens is 408 g/mol. The van der Waals surface area contributed by atoms with Crippen molar-refractivity contribution in [3.05, 3.63) is 71.3 Å². The number of oxime groups is 1. The van der Waals surface area contributed by atoms with Crippen molar-refractivity contribution in [1.29, 1.82) is 0 Å². The van der Waals surface area contributed by atoms with Gasteiger partial charge >= 0.3 is 51.4 Å². The van der Waals surface area contributed by atoms with Gasteiger partial charge in [0.15, 0.2) is 5.78 Å². The minimum Gasteiger partial charge on any atom is -1.00 e. The molecule has 6 heteroatoms. The third-order valence-corrected chi connectivity index (χ3v) is 2.77. The molecular formula is C15H13IKNO3. The standard InChI is InChI=1S/C15H13NO3.HI.K/c17-10-14(18)11-6-8-13(9-7-11)15(16-19)12-4-2-1-3-5-12;;/h1-9,17,19H,10H2;1H;/q;;+1/p-1. The minimum atomic E-state index is -0.515.